The van der Waals surface area contributed by atoms with E-state index in [-0.39, 0.29) is 25.0 Å². The van der Waals surface area contributed by atoms with Crippen LogP contribution in [0.5, 0.6) is 0 Å². The second-order valence-electron chi connectivity index (χ2n) is 12.9. The minimum atomic E-state index is -2.29. The molecule has 0 saturated heterocycles. The van der Waals surface area contributed by atoms with Gasteiger partial charge < -0.3 is 0 Å². The van der Waals surface area contributed by atoms with E-state index in [1.807, 2.05) is 13.8 Å². The molecule has 1 saturated carbocycles. The van der Waals surface area contributed by atoms with Crippen LogP contribution in [0.25, 0.3) is 0 Å². The van der Waals surface area contributed by atoms with Crippen molar-refractivity contribution in [2.45, 2.75) is 129 Å². The average Bonchev–Trinajstić information content (AvgIpc) is 3.24. The first kappa shape index (κ1) is 35.5. The van der Waals surface area contributed by atoms with Crippen LogP contribution in [0, 0.1) is 17.3 Å². The molecule has 0 aromatic carbocycles. The number of hydrogen-bond donors (Lipinski definition) is 0. The third-order valence-electron chi connectivity index (χ3n) is 8.28. The molecule has 0 aromatic rings. The summed E-state index contributed by atoms with van der Waals surface area (Å²) in [7, 11) is -1.22. The van der Waals surface area contributed by atoms with Gasteiger partial charge in [-0.05, 0) is 0 Å². The van der Waals surface area contributed by atoms with Crippen LogP contribution in [0.3, 0.4) is 0 Å². The zero-order valence-corrected chi connectivity index (χ0v) is 30.1. The average molecular weight is 656 g/mol. The van der Waals surface area contributed by atoms with E-state index in [0.717, 1.165) is 6.04 Å². The summed E-state index contributed by atoms with van der Waals surface area (Å²) in [5.41, 5.74) is -1.19. The summed E-state index contributed by atoms with van der Waals surface area (Å²) in [4.78, 5) is 26.5. The molecule has 220 valence electrons. The molecule has 6 heteroatoms. The summed E-state index contributed by atoms with van der Waals surface area (Å²) in [5.74, 6) is -0.488. The standard InChI is InChI=1S/C20H33O4Si.3C4H9.Sn/c1-7-11-16-14-20(18(21)23-8-2,19(22)24-9-3)15-17(16)12-10-13-25(4,5)6;3*1-3-4-2;/h7,10-12,16-17H,1,8-9,13-15H2,2-6H3;3*1,3-4H2,2H3;/b11-7+,12-10+;;;;/t16-,17-;;;;/m1..../s1. The van der Waals surface area contributed by atoms with Gasteiger partial charge in [0.2, 0.25) is 0 Å². The molecule has 0 amide bonds. The van der Waals surface area contributed by atoms with Crippen molar-refractivity contribution in [2.24, 2.45) is 17.3 Å². The van der Waals surface area contributed by atoms with Crippen LogP contribution in [-0.4, -0.2) is 51.6 Å². The molecule has 1 aliphatic rings. The number of carbonyl (C=O) groups excluding carboxylic acids is 2. The molecule has 0 aromatic heterocycles. The summed E-state index contributed by atoms with van der Waals surface area (Å²) in [5, 5.41) is 0. The van der Waals surface area contributed by atoms with Gasteiger partial charge in [0.15, 0.2) is 0 Å². The molecule has 0 N–H and O–H groups in total. The van der Waals surface area contributed by atoms with Gasteiger partial charge >= 0.3 is 242 Å². The fourth-order valence-electron chi connectivity index (χ4n) is 5.99. The van der Waals surface area contributed by atoms with Gasteiger partial charge in [-0.25, -0.2) is 0 Å². The Morgan fingerprint density at radius 1 is 0.763 bits per heavy atom. The van der Waals surface area contributed by atoms with Crippen LogP contribution in [-0.2, 0) is 19.1 Å². The van der Waals surface area contributed by atoms with Crippen LogP contribution in [0.1, 0.15) is 86.0 Å². The maximum atomic E-state index is 13.2. The normalized spacial score (nSPS) is 19.9. The van der Waals surface area contributed by atoms with Crippen molar-refractivity contribution in [1.82, 2.24) is 0 Å². The summed E-state index contributed by atoms with van der Waals surface area (Å²) in [6.07, 6.45) is 18.5. The molecule has 0 spiro atoms. The van der Waals surface area contributed by atoms with E-state index in [1.54, 1.807) is 0 Å². The minimum absolute atomic E-state index is 0.155. The van der Waals surface area contributed by atoms with E-state index < -0.39 is 43.8 Å². The first-order valence-electron chi connectivity index (χ1n) is 15.7. The predicted octanol–water partition coefficient (Wildman–Crippen LogP) is 9.42. The fourth-order valence-corrected chi connectivity index (χ4v) is 22.0. The second-order valence-corrected chi connectivity index (χ2v) is 32.4. The predicted molar refractivity (Wildman–Crippen MR) is 168 cm³/mol. The Balaban J connectivity index is 3.32. The quantitative estimate of drug-likeness (QED) is 0.0602. The molecule has 38 heavy (non-hydrogen) atoms. The molecular formula is C32H60O4SiSn. The first-order valence-corrected chi connectivity index (χ1v) is 27.5. The molecule has 4 nitrogen and oxygen atoms in total. The molecule has 0 radical (unpaired) electrons. The number of rotatable bonds is 19. The zero-order chi connectivity index (χ0) is 28.7. The van der Waals surface area contributed by atoms with Crippen molar-refractivity contribution in [2.75, 3.05) is 13.2 Å². The Hall–Kier alpha value is -0.564. The van der Waals surface area contributed by atoms with E-state index in [1.165, 1.54) is 56.3 Å². The van der Waals surface area contributed by atoms with Gasteiger partial charge in [0.25, 0.3) is 0 Å². The van der Waals surface area contributed by atoms with E-state index in [9.17, 15) is 9.59 Å². The number of hydrogen-bond acceptors (Lipinski definition) is 4. The molecule has 0 aliphatic heterocycles. The number of unbranched alkanes of at least 4 members (excludes halogenated alkanes) is 3. The Morgan fingerprint density at radius 3 is 1.55 bits per heavy atom. The van der Waals surface area contributed by atoms with Crippen molar-refractivity contribution in [3.8, 4) is 0 Å². The van der Waals surface area contributed by atoms with Crippen molar-refractivity contribution >= 4 is 38.4 Å². The molecule has 2 atom stereocenters. The van der Waals surface area contributed by atoms with E-state index in [2.05, 4.69) is 64.7 Å². The van der Waals surface area contributed by atoms with Crippen molar-refractivity contribution in [3.63, 3.8) is 0 Å². The molecular weight excluding hydrogens is 595 g/mol. The van der Waals surface area contributed by atoms with E-state index in [4.69, 9.17) is 9.47 Å². The van der Waals surface area contributed by atoms with Crippen LogP contribution in [0.15, 0.2) is 24.3 Å². The Kier molecular flexibility index (Phi) is 16.8. The monoisotopic (exact) mass is 656 g/mol. The molecule has 0 unspecified atom stereocenters. The Labute approximate surface area is 240 Å². The fraction of sp³-hybridized carbons (Fsp3) is 0.812. The zero-order valence-electron chi connectivity index (χ0n) is 26.2. The van der Waals surface area contributed by atoms with Crippen LogP contribution in [0.4, 0.5) is 0 Å². The summed E-state index contributed by atoms with van der Waals surface area (Å²) in [6.45, 7) is 18.3. The Morgan fingerprint density at radius 2 is 1.18 bits per heavy atom. The van der Waals surface area contributed by atoms with Crippen LogP contribution < -0.4 is 0 Å². The SMILES string of the molecule is CCC[CH2][Sn]([CH2]/C=C/[C@@H]1CC(C(=O)OCC)(C(=O)OCC)C[C@H]1/C=C/C[Si](C)(C)C)([CH2]CCC)[CH2]CCC. The molecule has 0 heterocycles. The topological polar surface area (TPSA) is 52.6 Å². The number of allylic oxidation sites excluding steroid dienone is 4. The van der Waals surface area contributed by atoms with Gasteiger partial charge in [0.1, 0.15) is 0 Å². The van der Waals surface area contributed by atoms with Gasteiger partial charge in [-0.3, -0.25) is 0 Å². The van der Waals surface area contributed by atoms with E-state index >= 15 is 0 Å². The van der Waals surface area contributed by atoms with Gasteiger partial charge in [-0.2, -0.15) is 0 Å². The van der Waals surface area contributed by atoms with Gasteiger partial charge in [-0.15, -0.1) is 0 Å². The van der Waals surface area contributed by atoms with E-state index in [0.29, 0.717) is 12.8 Å². The van der Waals surface area contributed by atoms with Crippen molar-refractivity contribution < 1.29 is 19.1 Å². The molecule has 0 bridgehead atoms. The molecule has 1 aliphatic carbocycles. The van der Waals surface area contributed by atoms with Crippen molar-refractivity contribution in [1.29, 1.82) is 0 Å². The summed E-state index contributed by atoms with van der Waals surface area (Å²) < 4.78 is 16.7. The van der Waals surface area contributed by atoms with Crippen LogP contribution >= 0.6 is 0 Å². The van der Waals surface area contributed by atoms with Gasteiger partial charge in [-0.1, -0.05) is 0 Å². The number of carbonyl (C=O) groups is 2. The summed E-state index contributed by atoms with van der Waals surface area (Å²) >= 11 is -2.29. The van der Waals surface area contributed by atoms with Crippen molar-refractivity contribution in [3.05, 3.63) is 24.3 Å². The van der Waals surface area contributed by atoms with Gasteiger partial charge in [0, 0.05) is 0 Å². The summed E-state index contributed by atoms with van der Waals surface area (Å²) in [6, 6.07) is 1.11. The third-order valence-corrected chi connectivity index (χ3v) is 25.0. The number of ether oxygens (including phenoxy) is 2. The second kappa shape index (κ2) is 18.0. The first-order chi connectivity index (χ1) is 18.0. The maximum absolute atomic E-state index is 13.2. The van der Waals surface area contributed by atoms with Gasteiger partial charge in [0.05, 0.1) is 0 Å². The Bertz CT molecular complexity index is 715. The molecule has 1 fully saturated rings. The molecule has 1 rings (SSSR count). The number of esters is 2. The third kappa shape index (κ3) is 11.5. The van der Waals surface area contributed by atoms with Crippen LogP contribution in [0.2, 0.25) is 43.4 Å².